The zero-order chi connectivity index (χ0) is 13.2. The van der Waals surface area contributed by atoms with E-state index in [1.165, 1.54) is 23.3 Å². The van der Waals surface area contributed by atoms with Gasteiger partial charge in [0.1, 0.15) is 5.76 Å². The van der Waals surface area contributed by atoms with E-state index < -0.39 is 0 Å². The van der Waals surface area contributed by atoms with Crippen LogP contribution in [0.4, 0.5) is 5.13 Å². The van der Waals surface area contributed by atoms with Crippen molar-refractivity contribution in [3.63, 3.8) is 0 Å². The topological polar surface area (TPSA) is 41.3 Å². The highest BCUT2D eigenvalue weighted by molar-refractivity contribution is 7.15. The quantitative estimate of drug-likeness (QED) is 0.881. The summed E-state index contributed by atoms with van der Waals surface area (Å²) in [5.74, 6) is 0.985. The molecule has 0 radical (unpaired) electrons. The Bertz CT molecular complexity index is 544. The molecule has 102 valence electrons. The molecular weight excluding hydrogens is 258 g/mol. The van der Waals surface area contributed by atoms with Crippen molar-refractivity contribution in [3.05, 3.63) is 34.7 Å². The molecule has 4 nitrogen and oxygen atoms in total. The molecule has 0 spiro atoms. The molecule has 1 aliphatic rings. The molecule has 1 saturated carbocycles. The van der Waals surface area contributed by atoms with E-state index in [-0.39, 0.29) is 0 Å². The summed E-state index contributed by atoms with van der Waals surface area (Å²) in [6.07, 6.45) is 6.37. The molecule has 5 heteroatoms. The molecule has 1 fully saturated rings. The fraction of sp³-hybridized carbons (Fsp3) is 0.500. The molecule has 0 saturated heterocycles. The van der Waals surface area contributed by atoms with Crippen LogP contribution in [-0.4, -0.2) is 18.1 Å². The lowest BCUT2D eigenvalue weighted by molar-refractivity contribution is 0.529. The van der Waals surface area contributed by atoms with Gasteiger partial charge >= 0.3 is 0 Å². The number of furan rings is 1. The van der Waals surface area contributed by atoms with Crippen LogP contribution in [0.2, 0.25) is 0 Å². The second-order valence-electron chi connectivity index (χ2n) is 5.12. The van der Waals surface area contributed by atoms with E-state index in [0.717, 1.165) is 30.0 Å². The van der Waals surface area contributed by atoms with Crippen molar-refractivity contribution in [2.75, 3.05) is 11.9 Å². The molecule has 1 aliphatic carbocycles. The Morgan fingerprint density at radius 2 is 2.37 bits per heavy atom. The molecule has 0 atom stereocenters. The van der Waals surface area contributed by atoms with Crippen LogP contribution in [0.15, 0.2) is 22.9 Å². The molecule has 2 aromatic rings. The van der Waals surface area contributed by atoms with Gasteiger partial charge in [0.25, 0.3) is 0 Å². The molecule has 0 bridgehead atoms. The highest BCUT2D eigenvalue weighted by Crippen LogP contribution is 2.25. The Morgan fingerprint density at radius 3 is 3.05 bits per heavy atom. The third kappa shape index (κ3) is 3.16. The fourth-order valence-corrected chi connectivity index (χ4v) is 2.81. The van der Waals surface area contributed by atoms with Crippen LogP contribution in [0.3, 0.4) is 0 Å². The van der Waals surface area contributed by atoms with Gasteiger partial charge in [-0.15, -0.1) is 11.3 Å². The highest BCUT2D eigenvalue weighted by Gasteiger charge is 2.20. The van der Waals surface area contributed by atoms with Gasteiger partial charge < -0.3 is 14.6 Å². The summed E-state index contributed by atoms with van der Waals surface area (Å²) in [7, 11) is 2.07. The summed E-state index contributed by atoms with van der Waals surface area (Å²) in [6.45, 7) is 3.78. The summed E-state index contributed by atoms with van der Waals surface area (Å²) in [5.41, 5.74) is 1.22. The molecule has 0 unspecified atom stereocenters. The molecule has 0 aliphatic heterocycles. The lowest BCUT2D eigenvalue weighted by Gasteiger charge is -2.14. The third-order valence-corrected chi connectivity index (χ3v) is 4.50. The van der Waals surface area contributed by atoms with Crippen LogP contribution in [-0.2, 0) is 13.1 Å². The van der Waals surface area contributed by atoms with Crippen molar-refractivity contribution < 1.29 is 4.42 Å². The maximum absolute atomic E-state index is 5.32. The molecule has 3 rings (SSSR count). The van der Waals surface area contributed by atoms with Gasteiger partial charge in [-0.3, -0.25) is 0 Å². The SMILES string of the molecule is Cc1occc1CN(C)c1ncc(CNC2CC2)s1. The van der Waals surface area contributed by atoms with Crippen molar-refractivity contribution in [1.82, 2.24) is 10.3 Å². The van der Waals surface area contributed by atoms with Crippen LogP contribution < -0.4 is 10.2 Å². The first-order chi connectivity index (χ1) is 9.22. The van der Waals surface area contributed by atoms with Crippen molar-refractivity contribution in [3.8, 4) is 0 Å². The number of hydrogen-bond acceptors (Lipinski definition) is 5. The van der Waals surface area contributed by atoms with E-state index in [0.29, 0.717) is 0 Å². The first-order valence-corrected chi connectivity index (χ1v) is 7.46. The number of aryl methyl sites for hydroxylation is 1. The molecule has 19 heavy (non-hydrogen) atoms. The number of rotatable bonds is 6. The Kier molecular flexibility index (Phi) is 3.57. The first-order valence-electron chi connectivity index (χ1n) is 6.64. The maximum Gasteiger partial charge on any atom is 0.185 e. The van der Waals surface area contributed by atoms with E-state index in [2.05, 4.69) is 22.2 Å². The van der Waals surface area contributed by atoms with Crippen molar-refractivity contribution in [2.24, 2.45) is 0 Å². The van der Waals surface area contributed by atoms with Crippen LogP contribution in [0, 0.1) is 6.92 Å². The van der Waals surface area contributed by atoms with Crippen molar-refractivity contribution in [2.45, 2.75) is 38.9 Å². The normalized spacial score (nSPS) is 14.8. The van der Waals surface area contributed by atoms with Crippen molar-refractivity contribution >= 4 is 16.5 Å². The van der Waals surface area contributed by atoms with Crippen LogP contribution in [0.25, 0.3) is 0 Å². The highest BCUT2D eigenvalue weighted by atomic mass is 32.1. The smallest absolute Gasteiger partial charge is 0.185 e. The molecule has 0 aromatic carbocycles. The Hall–Kier alpha value is -1.33. The lowest BCUT2D eigenvalue weighted by atomic mass is 10.2. The summed E-state index contributed by atoms with van der Waals surface area (Å²) < 4.78 is 5.32. The van der Waals surface area contributed by atoms with Gasteiger partial charge in [0.15, 0.2) is 5.13 Å². The second-order valence-corrected chi connectivity index (χ2v) is 6.22. The van der Waals surface area contributed by atoms with E-state index >= 15 is 0 Å². The van der Waals surface area contributed by atoms with Gasteiger partial charge in [0, 0.05) is 42.8 Å². The fourth-order valence-electron chi connectivity index (χ4n) is 1.99. The zero-order valence-electron chi connectivity index (χ0n) is 11.3. The number of thiazole rings is 1. The average molecular weight is 277 g/mol. The first kappa shape index (κ1) is 12.7. The minimum absolute atomic E-state index is 0.747. The van der Waals surface area contributed by atoms with E-state index in [4.69, 9.17) is 4.42 Å². The van der Waals surface area contributed by atoms with E-state index in [9.17, 15) is 0 Å². The van der Waals surface area contributed by atoms with Gasteiger partial charge in [-0.05, 0) is 25.8 Å². The Morgan fingerprint density at radius 1 is 1.53 bits per heavy atom. The maximum atomic E-state index is 5.32. The minimum atomic E-state index is 0.747. The van der Waals surface area contributed by atoms with Gasteiger partial charge in [-0.1, -0.05) is 0 Å². The monoisotopic (exact) mass is 277 g/mol. The largest absolute Gasteiger partial charge is 0.469 e. The predicted molar refractivity (Wildman–Crippen MR) is 77.5 cm³/mol. The van der Waals surface area contributed by atoms with Gasteiger partial charge in [0.05, 0.1) is 6.26 Å². The average Bonchev–Trinajstić information content (AvgIpc) is 2.96. The predicted octanol–water partition coefficient (Wildman–Crippen LogP) is 2.93. The molecule has 2 aromatic heterocycles. The minimum Gasteiger partial charge on any atom is -0.469 e. The Labute approximate surface area is 117 Å². The second kappa shape index (κ2) is 5.35. The molecule has 2 heterocycles. The molecular formula is C14H19N3OS. The van der Waals surface area contributed by atoms with Gasteiger partial charge in [-0.25, -0.2) is 4.98 Å². The number of nitrogens with one attached hydrogen (secondary N) is 1. The summed E-state index contributed by atoms with van der Waals surface area (Å²) in [4.78, 5) is 7.97. The van der Waals surface area contributed by atoms with Gasteiger partial charge in [0.2, 0.25) is 0 Å². The van der Waals surface area contributed by atoms with Gasteiger partial charge in [-0.2, -0.15) is 0 Å². The third-order valence-electron chi connectivity index (χ3n) is 3.38. The standard InChI is InChI=1S/C14H19N3OS/c1-10-11(5-6-18-10)9-17(2)14-16-8-13(19-14)7-15-12-3-4-12/h5-6,8,12,15H,3-4,7,9H2,1-2H3. The Balaban J connectivity index is 1.59. The van der Waals surface area contributed by atoms with Crippen LogP contribution in [0.1, 0.15) is 29.0 Å². The summed E-state index contributed by atoms with van der Waals surface area (Å²) in [5, 5.41) is 4.58. The van der Waals surface area contributed by atoms with Crippen molar-refractivity contribution in [1.29, 1.82) is 0 Å². The molecule has 0 amide bonds. The number of nitrogens with zero attached hydrogens (tertiary/aromatic N) is 2. The summed E-state index contributed by atoms with van der Waals surface area (Å²) >= 11 is 1.76. The van der Waals surface area contributed by atoms with E-state index in [1.807, 2.05) is 19.2 Å². The van der Waals surface area contributed by atoms with E-state index in [1.54, 1.807) is 17.6 Å². The summed E-state index contributed by atoms with van der Waals surface area (Å²) in [6, 6.07) is 2.77. The number of anilines is 1. The number of hydrogen-bond donors (Lipinski definition) is 1. The molecule has 1 N–H and O–H groups in total. The zero-order valence-corrected chi connectivity index (χ0v) is 12.2. The number of aromatic nitrogens is 1. The lowest BCUT2D eigenvalue weighted by Crippen LogP contribution is -2.16. The van der Waals surface area contributed by atoms with Crippen LogP contribution in [0.5, 0.6) is 0 Å². The van der Waals surface area contributed by atoms with Crippen LogP contribution >= 0.6 is 11.3 Å².